The van der Waals surface area contributed by atoms with E-state index in [-0.39, 0.29) is 18.4 Å². The molecule has 0 unspecified atom stereocenters. The third kappa shape index (κ3) is 1.54. The van der Waals surface area contributed by atoms with E-state index >= 15 is 0 Å². The van der Waals surface area contributed by atoms with Gasteiger partial charge in [-0.1, -0.05) is 0 Å². The molecule has 1 aliphatic carbocycles. The quantitative estimate of drug-likeness (QED) is 0.625. The fraction of sp³-hybridized carbons (Fsp3) is 0.727. The van der Waals surface area contributed by atoms with Crippen LogP contribution in [0.5, 0.6) is 0 Å². The molecule has 1 aliphatic heterocycles. The van der Waals surface area contributed by atoms with Crippen molar-refractivity contribution in [2.24, 2.45) is 5.41 Å². The molecule has 1 saturated heterocycles. The van der Waals surface area contributed by atoms with Gasteiger partial charge in [0.05, 0.1) is 12.6 Å². The van der Waals surface area contributed by atoms with E-state index in [4.69, 9.17) is 5.26 Å². The van der Waals surface area contributed by atoms with Crippen LogP contribution in [0.4, 0.5) is 0 Å². The standard InChI is InChI=1S/C11H15N3O2/c1-13-5-6-14(7-9(13)15)10(16)11(8-12)3-2-4-11/h2-7H2,1H3. The Morgan fingerprint density at radius 2 is 2.12 bits per heavy atom. The van der Waals surface area contributed by atoms with Crippen LogP contribution in [0.15, 0.2) is 0 Å². The SMILES string of the molecule is CN1CCN(C(=O)C2(C#N)CCC2)CC1=O. The van der Waals surface area contributed by atoms with E-state index in [1.54, 1.807) is 11.9 Å². The number of rotatable bonds is 1. The fourth-order valence-electron chi connectivity index (χ4n) is 2.14. The van der Waals surface area contributed by atoms with Crippen LogP contribution in [0.1, 0.15) is 19.3 Å². The number of piperazine rings is 1. The molecule has 2 amide bonds. The minimum atomic E-state index is -0.823. The normalized spacial score (nSPS) is 23.6. The highest BCUT2D eigenvalue weighted by Crippen LogP contribution is 2.41. The Kier molecular flexibility index (Phi) is 2.58. The van der Waals surface area contributed by atoms with Gasteiger partial charge in [0.15, 0.2) is 0 Å². The summed E-state index contributed by atoms with van der Waals surface area (Å²) in [5.41, 5.74) is -0.823. The zero-order chi connectivity index (χ0) is 11.8. The molecule has 2 aliphatic rings. The monoisotopic (exact) mass is 221 g/mol. The Balaban J connectivity index is 2.06. The fourth-order valence-corrected chi connectivity index (χ4v) is 2.14. The van der Waals surface area contributed by atoms with E-state index in [1.165, 1.54) is 4.90 Å². The van der Waals surface area contributed by atoms with Crippen molar-refractivity contribution in [1.29, 1.82) is 5.26 Å². The van der Waals surface area contributed by atoms with Crippen molar-refractivity contribution < 1.29 is 9.59 Å². The van der Waals surface area contributed by atoms with Gasteiger partial charge in [-0.05, 0) is 19.3 Å². The van der Waals surface area contributed by atoms with Gasteiger partial charge in [0.25, 0.3) is 0 Å². The lowest BCUT2D eigenvalue weighted by Crippen LogP contribution is -2.55. The van der Waals surface area contributed by atoms with Gasteiger partial charge < -0.3 is 9.80 Å². The van der Waals surface area contributed by atoms with Crippen LogP contribution < -0.4 is 0 Å². The van der Waals surface area contributed by atoms with Gasteiger partial charge in [0.2, 0.25) is 11.8 Å². The Morgan fingerprint density at radius 3 is 2.56 bits per heavy atom. The maximum Gasteiger partial charge on any atom is 0.243 e. The van der Waals surface area contributed by atoms with Crippen LogP contribution in [-0.4, -0.2) is 48.3 Å². The number of likely N-dealkylation sites (N-methyl/N-ethyl adjacent to an activating group) is 1. The minimum Gasteiger partial charge on any atom is -0.342 e. The Hall–Kier alpha value is -1.57. The van der Waals surface area contributed by atoms with Gasteiger partial charge in [0, 0.05) is 20.1 Å². The molecule has 0 aromatic carbocycles. The summed E-state index contributed by atoms with van der Waals surface area (Å²) < 4.78 is 0. The molecule has 2 fully saturated rings. The van der Waals surface area contributed by atoms with E-state index in [1.807, 2.05) is 0 Å². The molecule has 0 aromatic heterocycles. The first kappa shape index (κ1) is 10.9. The Morgan fingerprint density at radius 1 is 1.44 bits per heavy atom. The van der Waals surface area contributed by atoms with Gasteiger partial charge in [-0.3, -0.25) is 9.59 Å². The van der Waals surface area contributed by atoms with E-state index in [0.717, 1.165) is 6.42 Å². The molecule has 0 aromatic rings. The van der Waals surface area contributed by atoms with Crippen LogP contribution in [0.2, 0.25) is 0 Å². The number of carbonyl (C=O) groups excluding carboxylic acids is 2. The zero-order valence-corrected chi connectivity index (χ0v) is 9.40. The molecular weight excluding hydrogens is 206 g/mol. The summed E-state index contributed by atoms with van der Waals surface area (Å²) in [6, 6.07) is 2.12. The number of hydrogen-bond donors (Lipinski definition) is 0. The average Bonchev–Trinajstić information content (AvgIpc) is 2.21. The molecule has 16 heavy (non-hydrogen) atoms. The second-order valence-corrected chi connectivity index (χ2v) is 4.59. The second kappa shape index (κ2) is 3.78. The largest absolute Gasteiger partial charge is 0.342 e. The first-order chi connectivity index (χ1) is 7.59. The summed E-state index contributed by atoms with van der Waals surface area (Å²) in [6.07, 6.45) is 2.21. The third-order valence-corrected chi connectivity index (χ3v) is 3.57. The topological polar surface area (TPSA) is 64.4 Å². The smallest absolute Gasteiger partial charge is 0.243 e. The highest BCUT2D eigenvalue weighted by Gasteiger charge is 2.47. The van der Waals surface area contributed by atoms with Crippen molar-refractivity contribution in [3.05, 3.63) is 0 Å². The average molecular weight is 221 g/mol. The molecule has 0 N–H and O–H groups in total. The predicted molar refractivity (Wildman–Crippen MR) is 56.1 cm³/mol. The van der Waals surface area contributed by atoms with E-state index in [9.17, 15) is 9.59 Å². The highest BCUT2D eigenvalue weighted by atomic mass is 16.2. The molecule has 0 atom stereocenters. The summed E-state index contributed by atoms with van der Waals surface area (Å²) >= 11 is 0. The van der Waals surface area contributed by atoms with Crippen molar-refractivity contribution in [2.45, 2.75) is 19.3 Å². The minimum absolute atomic E-state index is 0.0491. The molecule has 0 radical (unpaired) electrons. The van der Waals surface area contributed by atoms with Crippen LogP contribution >= 0.6 is 0 Å². The molecular formula is C11H15N3O2. The zero-order valence-electron chi connectivity index (χ0n) is 9.40. The van der Waals surface area contributed by atoms with Gasteiger partial charge in [-0.25, -0.2) is 0 Å². The predicted octanol–water partition coefficient (Wildman–Crippen LogP) is -0.0191. The summed E-state index contributed by atoms with van der Waals surface area (Å²) in [7, 11) is 1.73. The van der Waals surface area contributed by atoms with Crippen molar-refractivity contribution in [3.8, 4) is 6.07 Å². The number of carbonyl (C=O) groups is 2. The molecule has 86 valence electrons. The van der Waals surface area contributed by atoms with Crippen LogP contribution in [-0.2, 0) is 9.59 Å². The van der Waals surface area contributed by atoms with Crippen molar-refractivity contribution in [1.82, 2.24) is 9.80 Å². The van der Waals surface area contributed by atoms with Crippen molar-refractivity contribution >= 4 is 11.8 Å². The maximum absolute atomic E-state index is 12.1. The second-order valence-electron chi connectivity index (χ2n) is 4.59. The van der Waals surface area contributed by atoms with Crippen LogP contribution in [0.25, 0.3) is 0 Å². The van der Waals surface area contributed by atoms with Gasteiger partial charge in [-0.15, -0.1) is 0 Å². The van der Waals surface area contributed by atoms with Gasteiger partial charge in [0.1, 0.15) is 5.41 Å². The van der Waals surface area contributed by atoms with Crippen LogP contribution in [0, 0.1) is 16.7 Å². The van der Waals surface area contributed by atoms with Gasteiger partial charge in [-0.2, -0.15) is 5.26 Å². The van der Waals surface area contributed by atoms with E-state index in [2.05, 4.69) is 6.07 Å². The molecule has 5 heteroatoms. The molecule has 0 bridgehead atoms. The Labute approximate surface area is 94.6 Å². The number of hydrogen-bond acceptors (Lipinski definition) is 3. The lowest BCUT2D eigenvalue weighted by atomic mass is 9.69. The molecule has 1 saturated carbocycles. The number of nitrogens with zero attached hydrogens (tertiary/aromatic N) is 3. The molecule has 0 spiro atoms. The summed E-state index contributed by atoms with van der Waals surface area (Å²) in [6.45, 7) is 1.23. The lowest BCUT2D eigenvalue weighted by Gasteiger charge is -2.40. The molecule has 5 nitrogen and oxygen atoms in total. The summed E-state index contributed by atoms with van der Waals surface area (Å²) in [5.74, 6) is -0.199. The highest BCUT2D eigenvalue weighted by molar-refractivity contribution is 5.91. The summed E-state index contributed by atoms with van der Waals surface area (Å²) in [5, 5.41) is 9.06. The maximum atomic E-state index is 12.1. The third-order valence-electron chi connectivity index (χ3n) is 3.57. The Bertz CT molecular complexity index is 368. The molecule has 2 rings (SSSR count). The summed E-state index contributed by atoms with van der Waals surface area (Å²) in [4.78, 5) is 26.7. The van der Waals surface area contributed by atoms with E-state index < -0.39 is 5.41 Å². The van der Waals surface area contributed by atoms with Gasteiger partial charge >= 0.3 is 0 Å². The van der Waals surface area contributed by atoms with Crippen LogP contribution in [0.3, 0.4) is 0 Å². The number of amides is 2. The molecule has 1 heterocycles. The first-order valence-corrected chi connectivity index (χ1v) is 5.54. The van der Waals surface area contributed by atoms with Crippen molar-refractivity contribution in [2.75, 3.05) is 26.7 Å². The van der Waals surface area contributed by atoms with Crippen molar-refractivity contribution in [3.63, 3.8) is 0 Å². The number of nitriles is 1. The van der Waals surface area contributed by atoms with E-state index in [0.29, 0.717) is 25.9 Å². The lowest BCUT2D eigenvalue weighted by molar-refractivity contribution is -0.151. The first-order valence-electron chi connectivity index (χ1n) is 5.54.